The van der Waals surface area contributed by atoms with Gasteiger partial charge in [-0.2, -0.15) is 0 Å². The molecule has 1 heterocycles. The summed E-state index contributed by atoms with van der Waals surface area (Å²) in [5.74, 6) is 0.0798. The van der Waals surface area contributed by atoms with E-state index in [-0.39, 0.29) is 6.61 Å². The van der Waals surface area contributed by atoms with Crippen LogP contribution in [0.1, 0.15) is 25.0 Å². The normalized spacial score (nSPS) is 17.3. The Morgan fingerprint density at radius 3 is 2.41 bits per heavy atom. The van der Waals surface area contributed by atoms with E-state index in [1.165, 1.54) is 0 Å². The molecular weight excluding hydrogens is 286 g/mol. The van der Waals surface area contributed by atoms with Gasteiger partial charge in [-0.3, -0.25) is 0 Å². The van der Waals surface area contributed by atoms with Gasteiger partial charge < -0.3 is 14.6 Å². The molecule has 1 aromatic carbocycles. The molecule has 17 heavy (non-hydrogen) atoms. The number of ether oxygens (including phenoxy) is 2. The second-order valence-corrected chi connectivity index (χ2v) is 6.47. The third-order valence-electron chi connectivity index (χ3n) is 2.37. The van der Waals surface area contributed by atoms with Gasteiger partial charge in [0.05, 0.1) is 12.2 Å². The Bertz CT molecular complexity index is 452. The van der Waals surface area contributed by atoms with Crippen molar-refractivity contribution in [1.82, 2.24) is 0 Å². The smallest absolute Gasteiger partial charge is 0.246 e. The number of alkyl halides is 3. The average Bonchev–Trinajstić information content (AvgIpc) is 2.47. The van der Waals surface area contributed by atoms with Crippen molar-refractivity contribution < 1.29 is 14.6 Å². The molecule has 0 fully saturated rings. The summed E-state index contributed by atoms with van der Waals surface area (Å²) < 4.78 is 9.48. The first-order valence-corrected chi connectivity index (χ1v) is 6.10. The number of hydrogen-bond acceptors (Lipinski definition) is 3. The largest absolute Gasteiger partial charge is 0.449 e. The molecule has 0 saturated heterocycles. The maximum atomic E-state index is 9.27. The first-order valence-electron chi connectivity index (χ1n) is 4.96. The van der Waals surface area contributed by atoms with Crippen LogP contribution in [0, 0.1) is 0 Å². The fourth-order valence-corrected chi connectivity index (χ4v) is 2.38. The van der Waals surface area contributed by atoms with Gasteiger partial charge in [0.1, 0.15) is 0 Å². The maximum absolute atomic E-state index is 9.27. The molecule has 1 aliphatic rings. The SMILES string of the molecule is CC1(C)Oc2ccc(CO)c(C(Cl)(Cl)Cl)c2O1. The van der Waals surface area contributed by atoms with Crippen LogP contribution in [0.3, 0.4) is 0 Å². The van der Waals surface area contributed by atoms with Crippen LogP contribution in [0.4, 0.5) is 0 Å². The molecule has 1 aliphatic heterocycles. The number of fused-ring (bicyclic) bond motifs is 1. The Kier molecular flexibility index (Phi) is 3.15. The number of hydrogen-bond donors (Lipinski definition) is 1. The number of rotatable bonds is 1. The second kappa shape index (κ2) is 4.09. The van der Waals surface area contributed by atoms with Gasteiger partial charge in [0.25, 0.3) is 0 Å². The zero-order valence-electron chi connectivity index (χ0n) is 9.26. The Labute approximate surface area is 114 Å². The summed E-state index contributed by atoms with van der Waals surface area (Å²) in [6.07, 6.45) is 0. The zero-order valence-corrected chi connectivity index (χ0v) is 11.5. The van der Waals surface area contributed by atoms with Gasteiger partial charge in [0.2, 0.25) is 9.58 Å². The summed E-state index contributed by atoms with van der Waals surface area (Å²) in [6, 6.07) is 3.34. The minimum atomic E-state index is -1.67. The molecule has 0 saturated carbocycles. The lowest BCUT2D eigenvalue weighted by Gasteiger charge is -2.19. The fraction of sp³-hybridized carbons (Fsp3) is 0.455. The lowest BCUT2D eigenvalue weighted by atomic mass is 10.1. The van der Waals surface area contributed by atoms with Crippen LogP contribution in [0.5, 0.6) is 11.5 Å². The van der Waals surface area contributed by atoms with Gasteiger partial charge in [0.15, 0.2) is 11.5 Å². The highest BCUT2D eigenvalue weighted by molar-refractivity contribution is 6.67. The van der Waals surface area contributed by atoms with E-state index in [9.17, 15) is 5.11 Å². The molecule has 0 aliphatic carbocycles. The molecule has 0 aromatic heterocycles. The third kappa shape index (κ3) is 2.43. The van der Waals surface area contributed by atoms with E-state index in [0.29, 0.717) is 22.6 Å². The van der Waals surface area contributed by atoms with Crippen LogP contribution < -0.4 is 9.47 Å². The van der Waals surface area contributed by atoms with E-state index in [1.807, 2.05) is 0 Å². The van der Waals surface area contributed by atoms with Crippen LogP contribution in [-0.2, 0) is 10.4 Å². The fourth-order valence-electron chi connectivity index (χ4n) is 1.76. The van der Waals surface area contributed by atoms with Crippen LogP contribution in [0.2, 0.25) is 0 Å². The van der Waals surface area contributed by atoms with Crippen molar-refractivity contribution in [2.24, 2.45) is 0 Å². The minimum absolute atomic E-state index is 0.236. The van der Waals surface area contributed by atoms with Gasteiger partial charge in [-0.05, 0) is 11.6 Å². The van der Waals surface area contributed by atoms with Crippen molar-refractivity contribution >= 4 is 34.8 Å². The topological polar surface area (TPSA) is 38.7 Å². The van der Waals surface area contributed by atoms with Crippen LogP contribution in [0.15, 0.2) is 12.1 Å². The lowest BCUT2D eigenvalue weighted by Crippen LogP contribution is -2.30. The van der Waals surface area contributed by atoms with E-state index < -0.39 is 9.58 Å². The Balaban J connectivity index is 2.61. The van der Waals surface area contributed by atoms with E-state index in [1.54, 1.807) is 26.0 Å². The van der Waals surface area contributed by atoms with Gasteiger partial charge in [0, 0.05) is 13.8 Å². The van der Waals surface area contributed by atoms with Crippen LogP contribution >= 0.6 is 34.8 Å². The highest BCUT2D eigenvalue weighted by atomic mass is 35.6. The predicted octanol–water partition coefficient (Wildman–Crippen LogP) is 3.51. The molecule has 6 heteroatoms. The standard InChI is InChI=1S/C11H11Cl3O3/c1-10(2)16-7-4-3-6(5-15)8(9(7)17-10)11(12,13)14/h3-4,15H,5H2,1-2H3. The predicted molar refractivity (Wildman–Crippen MR) is 66.9 cm³/mol. The lowest BCUT2D eigenvalue weighted by molar-refractivity contribution is -0.0435. The van der Waals surface area contributed by atoms with Crippen molar-refractivity contribution in [1.29, 1.82) is 0 Å². The molecule has 0 amide bonds. The van der Waals surface area contributed by atoms with Crippen molar-refractivity contribution in [2.75, 3.05) is 0 Å². The maximum Gasteiger partial charge on any atom is 0.246 e. The summed E-state index contributed by atoms with van der Waals surface area (Å²) >= 11 is 17.7. The van der Waals surface area contributed by atoms with E-state index >= 15 is 0 Å². The summed E-state index contributed by atoms with van der Waals surface area (Å²) in [7, 11) is 0. The molecule has 0 unspecified atom stereocenters. The van der Waals surface area contributed by atoms with Crippen LogP contribution in [0.25, 0.3) is 0 Å². The highest BCUT2D eigenvalue weighted by Gasteiger charge is 2.40. The number of aliphatic hydroxyl groups is 1. The number of benzene rings is 1. The number of aliphatic hydroxyl groups excluding tert-OH is 1. The molecule has 0 atom stereocenters. The van der Waals surface area contributed by atoms with Crippen LogP contribution in [-0.4, -0.2) is 10.9 Å². The minimum Gasteiger partial charge on any atom is -0.449 e. The first kappa shape index (κ1) is 13.1. The molecule has 0 bridgehead atoms. The van der Waals surface area contributed by atoms with Crippen molar-refractivity contribution in [3.05, 3.63) is 23.3 Å². The van der Waals surface area contributed by atoms with Gasteiger partial charge in [-0.15, -0.1) is 0 Å². The average molecular weight is 298 g/mol. The molecule has 3 nitrogen and oxygen atoms in total. The van der Waals surface area contributed by atoms with Gasteiger partial charge in [-0.25, -0.2) is 0 Å². The Morgan fingerprint density at radius 1 is 1.24 bits per heavy atom. The Morgan fingerprint density at radius 2 is 1.88 bits per heavy atom. The molecular formula is C11H11Cl3O3. The van der Waals surface area contributed by atoms with Crippen molar-refractivity contribution in [2.45, 2.75) is 30.0 Å². The summed E-state index contributed by atoms with van der Waals surface area (Å²) in [6.45, 7) is 3.28. The molecule has 0 radical (unpaired) electrons. The summed E-state index contributed by atoms with van der Waals surface area (Å²) in [5, 5.41) is 9.27. The molecule has 94 valence electrons. The molecule has 2 rings (SSSR count). The zero-order chi connectivity index (χ0) is 12.8. The van der Waals surface area contributed by atoms with Gasteiger partial charge in [-0.1, -0.05) is 40.9 Å². The molecule has 1 aromatic rings. The number of halogens is 3. The monoisotopic (exact) mass is 296 g/mol. The van der Waals surface area contributed by atoms with E-state index in [4.69, 9.17) is 44.3 Å². The summed E-state index contributed by atoms with van der Waals surface area (Å²) in [4.78, 5) is 0. The molecule has 0 spiro atoms. The second-order valence-electron chi connectivity index (χ2n) is 4.19. The van der Waals surface area contributed by atoms with E-state index in [2.05, 4.69) is 0 Å². The first-order chi connectivity index (χ1) is 7.74. The Hall–Kier alpha value is -0.350. The van der Waals surface area contributed by atoms with E-state index in [0.717, 1.165) is 0 Å². The van der Waals surface area contributed by atoms with Crippen molar-refractivity contribution in [3.8, 4) is 11.5 Å². The quantitative estimate of drug-likeness (QED) is 0.806. The third-order valence-corrected chi connectivity index (χ3v) is 2.93. The van der Waals surface area contributed by atoms with Gasteiger partial charge >= 0.3 is 0 Å². The van der Waals surface area contributed by atoms with Crippen molar-refractivity contribution in [3.63, 3.8) is 0 Å². The summed E-state index contributed by atoms with van der Waals surface area (Å²) in [5.41, 5.74) is 0.832. The highest BCUT2D eigenvalue weighted by Crippen LogP contribution is 2.52. The molecule has 1 N–H and O–H groups in total.